The van der Waals surface area contributed by atoms with Gasteiger partial charge in [-0.15, -0.1) is 0 Å². The Morgan fingerprint density at radius 2 is 2.18 bits per heavy atom. The van der Waals surface area contributed by atoms with Gasteiger partial charge in [0, 0.05) is 12.1 Å². The maximum atomic E-state index is 11.8. The van der Waals surface area contributed by atoms with Crippen molar-refractivity contribution in [1.82, 2.24) is 0 Å². The van der Waals surface area contributed by atoms with Crippen molar-refractivity contribution in [2.45, 2.75) is 26.0 Å². The van der Waals surface area contributed by atoms with Crippen molar-refractivity contribution in [3.05, 3.63) is 42.7 Å². The van der Waals surface area contributed by atoms with Gasteiger partial charge in [0.05, 0.1) is 12.2 Å². The van der Waals surface area contributed by atoms with E-state index in [0.29, 0.717) is 6.42 Å². The molecule has 3 nitrogen and oxygen atoms in total. The van der Waals surface area contributed by atoms with E-state index in [-0.39, 0.29) is 17.9 Å². The number of nitrogens with one attached hydrogen (secondary N) is 1. The average molecular weight is 231 g/mol. The van der Waals surface area contributed by atoms with Gasteiger partial charge in [-0.05, 0) is 24.6 Å². The van der Waals surface area contributed by atoms with E-state index in [0.717, 1.165) is 12.1 Å². The molecule has 1 aromatic rings. The number of allylic oxidation sites excluding steroid dienone is 1. The van der Waals surface area contributed by atoms with Crippen molar-refractivity contribution < 1.29 is 9.53 Å². The average Bonchev–Trinajstić information content (AvgIpc) is 2.40. The SMILES string of the molecule is CCC(=O)C1CC=COC1Nc1ccccc1. The maximum absolute atomic E-state index is 11.8. The van der Waals surface area contributed by atoms with E-state index in [2.05, 4.69) is 5.32 Å². The summed E-state index contributed by atoms with van der Waals surface area (Å²) in [6.45, 7) is 1.89. The summed E-state index contributed by atoms with van der Waals surface area (Å²) in [4.78, 5) is 11.8. The molecular weight excluding hydrogens is 214 g/mol. The van der Waals surface area contributed by atoms with Gasteiger partial charge in [-0.25, -0.2) is 0 Å². The fourth-order valence-electron chi connectivity index (χ4n) is 1.96. The summed E-state index contributed by atoms with van der Waals surface area (Å²) >= 11 is 0. The summed E-state index contributed by atoms with van der Waals surface area (Å²) in [7, 11) is 0. The van der Waals surface area contributed by atoms with Crippen LogP contribution in [0.4, 0.5) is 5.69 Å². The maximum Gasteiger partial charge on any atom is 0.179 e. The van der Waals surface area contributed by atoms with Crippen LogP contribution in [0, 0.1) is 5.92 Å². The second-order valence-electron chi connectivity index (χ2n) is 4.10. The molecule has 1 aliphatic heterocycles. The molecule has 2 unspecified atom stereocenters. The van der Waals surface area contributed by atoms with Crippen LogP contribution in [0.15, 0.2) is 42.7 Å². The third kappa shape index (κ3) is 2.87. The molecule has 1 aromatic carbocycles. The summed E-state index contributed by atoms with van der Waals surface area (Å²) in [5.41, 5.74) is 0.974. The molecule has 90 valence electrons. The molecular formula is C14H17NO2. The van der Waals surface area contributed by atoms with Crippen molar-refractivity contribution in [3.8, 4) is 0 Å². The number of ketones is 1. The Kier molecular flexibility index (Phi) is 3.81. The summed E-state index contributed by atoms with van der Waals surface area (Å²) in [6, 6.07) is 9.81. The van der Waals surface area contributed by atoms with Gasteiger partial charge in [0.25, 0.3) is 0 Å². The lowest BCUT2D eigenvalue weighted by atomic mass is 9.95. The highest BCUT2D eigenvalue weighted by Crippen LogP contribution is 2.22. The van der Waals surface area contributed by atoms with Crippen LogP contribution >= 0.6 is 0 Å². The highest BCUT2D eigenvalue weighted by molar-refractivity contribution is 5.82. The number of para-hydroxylation sites is 1. The van der Waals surface area contributed by atoms with E-state index in [9.17, 15) is 4.79 Å². The number of anilines is 1. The van der Waals surface area contributed by atoms with E-state index in [1.54, 1.807) is 6.26 Å². The minimum Gasteiger partial charge on any atom is -0.478 e. The monoisotopic (exact) mass is 231 g/mol. The zero-order valence-electron chi connectivity index (χ0n) is 9.93. The fraction of sp³-hybridized carbons (Fsp3) is 0.357. The number of benzene rings is 1. The van der Waals surface area contributed by atoms with E-state index < -0.39 is 0 Å². The van der Waals surface area contributed by atoms with Crippen LogP contribution < -0.4 is 5.32 Å². The molecule has 0 amide bonds. The lowest BCUT2D eigenvalue weighted by molar-refractivity contribution is -0.126. The number of ether oxygens (including phenoxy) is 1. The molecule has 17 heavy (non-hydrogen) atoms. The van der Waals surface area contributed by atoms with Gasteiger partial charge < -0.3 is 10.1 Å². The van der Waals surface area contributed by atoms with Gasteiger partial charge in [-0.3, -0.25) is 4.79 Å². The van der Waals surface area contributed by atoms with Crippen LogP contribution in [0.2, 0.25) is 0 Å². The Balaban J connectivity index is 2.07. The first kappa shape index (κ1) is 11.7. The van der Waals surface area contributed by atoms with Crippen LogP contribution in [0.3, 0.4) is 0 Å². The first-order chi connectivity index (χ1) is 8.31. The number of carbonyl (C=O) groups is 1. The molecule has 0 spiro atoms. The van der Waals surface area contributed by atoms with Crippen LogP contribution in [-0.2, 0) is 9.53 Å². The van der Waals surface area contributed by atoms with Crippen LogP contribution in [0.5, 0.6) is 0 Å². The Morgan fingerprint density at radius 3 is 2.88 bits per heavy atom. The number of hydrogen-bond acceptors (Lipinski definition) is 3. The first-order valence-corrected chi connectivity index (χ1v) is 5.96. The molecule has 1 aliphatic rings. The van der Waals surface area contributed by atoms with Crippen molar-refractivity contribution in [3.63, 3.8) is 0 Å². The summed E-state index contributed by atoms with van der Waals surface area (Å²) < 4.78 is 5.50. The summed E-state index contributed by atoms with van der Waals surface area (Å²) in [5, 5.41) is 3.25. The fourth-order valence-corrected chi connectivity index (χ4v) is 1.96. The van der Waals surface area contributed by atoms with Crippen LogP contribution in [0.1, 0.15) is 19.8 Å². The second kappa shape index (κ2) is 5.53. The second-order valence-corrected chi connectivity index (χ2v) is 4.10. The van der Waals surface area contributed by atoms with Crippen LogP contribution in [0.25, 0.3) is 0 Å². The van der Waals surface area contributed by atoms with E-state index in [4.69, 9.17) is 4.74 Å². The van der Waals surface area contributed by atoms with Gasteiger partial charge in [0.15, 0.2) is 6.23 Å². The topological polar surface area (TPSA) is 38.3 Å². The molecule has 0 saturated heterocycles. The Bertz CT molecular complexity index is 400. The Morgan fingerprint density at radius 1 is 1.41 bits per heavy atom. The molecule has 2 atom stereocenters. The predicted octanol–water partition coefficient (Wildman–Crippen LogP) is 2.95. The zero-order chi connectivity index (χ0) is 12.1. The third-order valence-electron chi connectivity index (χ3n) is 2.92. The van der Waals surface area contributed by atoms with Gasteiger partial charge in [-0.1, -0.05) is 25.1 Å². The van der Waals surface area contributed by atoms with Crippen molar-refractivity contribution in [2.75, 3.05) is 5.32 Å². The Hall–Kier alpha value is -1.77. The number of hydrogen-bond donors (Lipinski definition) is 1. The summed E-state index contributed by atoms with van der Waals surface area (Å²) in [6.07, 6.45) is 4.61. The van der Waals surface area contributed by atoms with Gasteiger partial charge >= 0.3 is 0 Å². The zero-order valence-corrected chi connectivity index (χ0v) is 9.93. The molecule has 0 radical (unpaired) electrons. The van der Waals surface area contributed by atoms with Gasteiger partial charge in [-0.2, -0.15) is 0 Å². The molecule has 0 fully saturated rings. The molecule has 1 N–H and O–H groups in total. The normalized spacial score (nSPS) is 22.9. The lowest BCUT2D eigenvalue weighted by Crippen LogP contribution is -2.37. The minimum absolute atomic E-state index is 0.0924. The standard InChI is InChI=1S/C14H17NO2/c1-2-13(16)12-9-6-10-17-14(12)15-11-7-4-3-5-8-11/h3-8,10,12,14-15H,2,9H2,1H3. The van der Waals surface area contributed by atoms with Crippen molar-refractivity contribution >= 4 is 11.5 Å². The lowest BCUT2D eigenvalue weighted by Gasteiger charge is -2.29. The molecule has 0 bridgehead atoms. The number of rotatable bonds is 4. The Labute approximate surface area is 101 Å². The highest BCUT2D eigenvalue weighted by Gasteiger charge is 2.29. The van der Waals surface area contributed by atoms with Gasteiger partial charge in [0.1, 0.15) is 5.78 Å². The highest BCUT2D eigenvalue weighted by atomic mass is 16.5. The van der Waals surface area contributed by atoms with E-state index in [1.807, 2.05) is 43.3 Å². The smallest absolute Gasteiger partial charge is 0.179 e. The molecule has 0 saturated carbocycles. The largest absolute Gasteiger partial charge is 0.478 e. The first-order valence-electron chi connectivity index (χ1n) is 5.96. The van der Waals surface area contributed by atoms with Crippen molar-refractivity contribution in [1.29, 1.82) is 0 Å². The molecule has 1 heterocycles. The third-order valence-corrected chi connectivity index (χ3v) is 2.92. The van der Waals surface area contributed by atoms with E-state index in [1.165, 1.54) is 0 Å². The van der Waals surface area contributed by atoms with Crippen LogP contribution in [-0.4, -0.2) is 12.0 Å². The molecule has 0 aliphatic carbocycles. The number of Topliss-reactive ketones (excluding diaryl/α,β-unsaturated/α-hetero) is 1. The quantitative estimate of drug-likeness (QED) is 0.865. The molecule has 2 rings (SSSR count). The number of carbonyl (C=O) groups excluding carboxylic acids is 1. The predicted molar refractivity (Wildman–Crippen MR) is 67.5 cm³/mol. The van der Waals surface area contributed by atoms with E-state index >= 15 is 0 Å². The van der Waals surface area contributed by atoms with Crippen molar-refractivity contribution in [2.24, 2.45) is 5.92 Å². The minimum atomic E-state index is -0.255. The molecule has 0 aromatic heterocycles. The summed E-state index contributed by atoms with van der Waals surface area (Å²) in [5.74, 6) is 0.146. The van der Waals surface area contributed by atoms with Gasteiger partial charge in [0.2, 0.25) is 0 Å². The molecule has 3 heteroatoms.